The number of benzene rings is 3. The van der Waals surface area contributed by atoms with Crippen LogP contribution in [-0.4, -0.2) is 11.8 Å². The Balaban J connectivity index is 1.64. The molecule has 2 amide bonds. The van der Waals surface area contributed by atoms with Crippen LogP contribution >= 0.6 is 11.3 Å². The second kappa shape index (κ2) is 8.70. The highest BCUT2D eigenvalue weighted by Crippen LogP contribution is 2.36. The lowest BCUT2D eigenvalue weighted by atomic mass is 9.95. The van der Waals surface area contributed by atoms with Gasteiger partial charge in [-0.1, -0.05) is 43.3 Å². The van der Waals surface area contributed by atoms with Crippen molar-refractivity contribution in [3.05, 3.63) is 89.7 Å². The second-order valence-electron chi connectivity index (χ2n) is 7.28. The van der Waals surface area contributed by atoms with Crippen molar-refractivity contribution in [1.82, 2.24) is 0 Å². The first-order valence-electron chi connectivity index (χ1n) is 9.95. The van der Waals surface area contributed by atoms with Gasteiger partial charge in [-0.25, -0.2) is 4.39 Å². The summed E-state index contributed by atoms with van der Waals surface area (Å²) in [6.07, 6.45) is 0.512. The minimum atomic E-state index is -0.569. The Labute approximate surface area is 183 Å². The minimum absolute atomic E-state index is 0.266. The van der Waals surface area contributed by atoms with E-state index in [1.165, 1.54) is 12.1 Å². The quantitative estimate of drug-likeness (QED) is 0.396. The molecule has 4 rings (SSSR count). The van der Waals surface area contributed by atoms with Crippen LogP contribution in [0.5, 0.6) is 0 Å². The monoisotopic (exact) mass is 432 g/mol. The van der Waals surface area contributed by atoms with Crippen molar-refractivity contribution in [2.75, 3.05) is 5.32 Å². The number of carbonyl (C=O) groups excluding carboxylic acids is 2. The van der Waals surface area contributed by atoms with Crippen molar-refractivity contribution in [3.63, 3.8) is 0 Å². The molecule has 1 aromatic heterocycles. The van der Waals surface area contributed by atoms with Gasteiger partial charge in [-0.05, 0) is 53.8 Å². The molecule has 1 atom stereocenters. The van der Waals surface area contributed by atoms with Crippen molar-refractivity contribution in [3.8, 4) is 10.4 Å². The SMILES string of the molecule is CCC(C(=O)Nc1ccc(-c2cc3ccccc3s2)c(C(N)=O)c1)c1cccc(F)c1. The Morgan fingerprint density at radius 3 is 2.55 bits per heavy atom. The third-order valence-corrected chi connectivity index (χ3v) is 6.37. The zero-order valence-corrected chi connectivity index (χ0v) is 17.7. The second-order valence-corrected chi connectivity index (χ2v) is 8.36. The van der Waals surface area contributed by atoms with Crippen molar-refractivity contribution in [1.29, 1.82) is 0 Å². The minimum Gasteiger partial charge on any atom is -0.366 e. The molecule has 0 saturated carbocycles. The van der Waals surface area contributed by atoms with Crippen molar-refractivity contribution < 1.29 is 14.0 Å². The van der Waals surface area contributed by atoms with Gasteiger partial charge in [0.05, 0.1) is 5.92 Å². The number of nitrogens with two attached hydrogens (primary N) is 1. The predicted molar refractivity (Wildman–Crippen MR) is 124 cm³/mol. The molecule has 0 fully saturated rings. The van der Waals surface area contributed by atoms with Crippen LogP contribution in [0.4, 0.5) is 10.1 Å². The van der Waals surface area contributed by atoms with Gasteiger partial charge in [0.2, 0.25) is 11.8 Å². The molecule has 0 bridgehead atoms. The number of primary amides is 1. The highest BCUT2D eigenvalue weighted by molar-refractivity contribution is 7.22. The van der Waals surface area contributed by atoms with Crippen LogP contribution in [-0.2, 0) is 4.79 Å². The molecule has 0 aliphatic rings. The van der Waals surface area contributed by atoms with Crippen LogP contribution in [0.3, 0.4) is 0 Å². The normalized spacial score (nSPS) is 11.9. The average Bonchev–Trinajstić information content (AvgIpc) is 3.18. The van der Waals surface area contributed by atoms with Crippen molar-refractivity contribution in [2.45, 2.75) is 19.3 Å². The summed E-state index contributed by atoms with van der Waals surface area (Å²) in [5.74, 6) is -1.72. The highest BCUT2D eigenvalue weighted by atomic mass is 32.1. The number of rotatable bonds is 6. The Morgan fingerprint density at radius 1 is 1.03 bits per heavy atom. The predicted octanol–water partition coefficient (Wildman–Crippen LogP) is 5.94. The first-order valence-corrected chi connectivity index (χ1v) is 10.8. The van der Waals surface area contributed by atoms with Crippen molar-refractivity contribution in [2.24, 2.45) is 5.73 Å². The van der Waals surface area contributed by atoms with E-state index in [4.69, 9.17) is 5.73 Å². The summed E-state index contributed by atoms with van der Waals surface area (Å²) < 4.78 is 14.7. The van der Waals surface area contributed by atoms with E-state index in [-0.39, 0.29) is 11.7 Å². The van der Waals surface area contributed by atoms with Crippen LogP contribution in [0.25, 0.3) is 20.5 Å². The van der Waals surface area contributed by atoms with Crippen molar-refractivity contribution >= 4 is 38.9 Å². The van der Waals surface area contributed by atoms with E-state index in [2.05, 4.69) is 5.32 Å². The molecule has 31 heavy (non-hydrogen) atoms. The molecule has 4 nitrogen and oxygen atoms in total. The summed E-state index contributed by atoms with van der Waals surface area (Å²) in [5, 5.41) is 3.94. The van der Waals surface area contributed by atoms with Gasteiger partial charge in [0.1, 0.15) is 5.82 Å². The van der Waals surface area contributed by atoms with Crippen LogP contribution in [0.15, 0.2) is 72.8 Å². The molecule has 1 unspecified atom stereocenters. The molecule has 156 valence electrons. The first kappa shape index (κ1) is 20.8. The Hall–Kier alpha value is -3.51. The summed E-state index contributed by atoms with van der Waals surface area (Å²) in [6.45, 7) is 1.87. The number of amides is 2. The lowest BCUT2D eigenvalue weighted by Gasteiger charge is -2.16. The van der Waals surface area contributed by atoms with Gasteiger partial charge in [0.25, 0.3) is 0 Å². The van der Waals surface area contributed by atoms with E-state index in [1.54, 1.807) is 41.7 Å². The number of halogens is 1. The fourth-order valence-corrected chi connectivity index (χ4v) is 4.78. The zero-order valence-electron chi connectivity index (χ0n) is 16.9. The van der Waals surface area contributed by atoms with Crippen LogP contribution in [0.2, 0.25) is 0 Å². The number of nitrogens with one attached hydrogen (secondary N) is 1. The molecule has 0 spiro atoms. The topological polar surface area (TPSA) is 72.2 Å². The Morgan fingerprint density at radius 2 is 1.84 bits per heavy atom. The number of thiophene rings is 1. The van der Waals surface area contributed by atoms with Gasteiger partial charge in [-0.3, -0.25) is 9.59 Å². The van der Waals surface area contributed by atoms with E-state index < -0.39 is 11.8 Å². The van der Waals surface area contributed by atoms with Crippen LogP contribution < -0.4 is 11.1 Å². The standard InChI is InChI=1S/C25H21FN2O2S/c1-2-19(15-7-5-8-17(26)12-15)25(30)28-18-10-11-20(21(14-18)24(27)29)23-13-16-6-3-4-9-22(16)31-23/h3-14,19H,2H2,1H3,(H2,27,29)(H,28,30). The molecule has 0 aliphatic heterocycles. The molecule has 4 aromatic rings. The molecule has 0 aliphatic carbocycles. The third kappa shape index (κ3) is 4.34. The van der Waals surface area contributed by atoms with Gasteiger partial charge in [0.15, 0.2) is 0 Å². The largest absolute Gasteiger partial charge is 0.366 e. The number of hydrogen-bond donors (Lipinski definition) is 2. The lowest BCUT2D eigenvalue weighted by molar-refractivity contribution is -0.117. The molecular weight excluding hydrogens is 411 g/mol. The Bertz CT molecular complexity index is 1250. The maximum absolute atomic E-state index is 13.6. The summed E-state index contributed by atoms with van der Waals surface area (Å²) in [7, 11) is 0. The van der Waals surface area contributed by atoms with E-state index in [9.17, 15) is 14.0 Å². The molecule has 0 radical (unpaired) electrons. The Kier molecular flexibility index (Phi) is 5.82. The maximum atomic E-state index is 13.6. The lowest BCUT2D eigenvalue weighted by Crippen LogP contribution is -2.21. The highest BCUT2D eigenvalue weighted by Gasteiger charge is 2.20. The van der Waals surface area contributed by atoms with Gasteiger partial charge >= 0.3 is 0 Å². The third-order valence-electron chi connectivity index (χ3n) is 5.22. The summed E-state index contributed by atoms with van der Waals surface area (Å²) in [6, 6.07) is 21.2. The average molecular weight is 433 g/mol. The van der Waals surface area contributed by atoms with E-state index >= 15 is 0 Å². The maximum Gasteiger partial charge on any atom is 0.249 e. The molecule has 1 heterocycles. The fraction of sp³-hybridized carbons (Fsp3) is 0.120. The van der Waals surface area contributed by atoms with Crippen LogP contribution in [0.1, 0.15) is 35.2 Å². The molecule has 0 saturated heterocycles. The summed E-state index contributed by atoms with van der Waals surface area (Å²) in [4.78, 5) is 26.0. The molecule has 3 N–H and O–H groups in total. The number of fused-ring (bicyclic) bond motifs is 1. The van der Waals surface area contributed by atoms with E-state index in [0.717, 1.165) is 20.5 Å². The molecule has 6 heteroatoms. The molecular formula is C25H21FN2O2S. The molecule has 3 aromatic carbocycles. The van der Waals surface area contributed by atoms with E-state index in [0.29, 0.717) is 23.2 Å². The number of carbonyl (C=O) groups is 2. The number of hydrogen-bond acceptors (Lipinski definition) is 3. The fourth-order valence-electron chi connectivity index (χ4n) is 3.68. The van der Waals surface area contributed by atoms with Gasteiger partial charge in [-0.2, -0.15) is 0 Å². The van der Waals surface area contributed by atoms with Gasteiger partial charge in [0, 0.05) is 26.4 Å². The van der Waals surface area contributed by atoms with E-state index in [1.807, 2.05) is 37.3 Å². The smallest absolute Gasteiger partial charge is 0.249 e. The van der Waals surface area contributed by atoms with Crippen LogP contribution in [0, 0.1) is 5.82 Å². The summed E-state index contributed by atoms with van der Waals surface area (Å²) in [5.41, 5.74) is 7.79. The first-order chi connectivity index (χ1) is 15.0. The summed E-state index contributed by atoms with van der Waals surface area (Å²) >= 11 is 1.58. The number of anilines is 1. The van der Waals surface area contributed by atoms with Gasteiger partial charge in [-0.15, -0.1) is 11.3 Å². The zero-order chi connectivity index (χ0) is 22.0. The van der Waals surface area contributed by atoms with Gasteiger partial charge < -0.3 is 11.1 Å².